The van der Waals surface area contributed by atoms with Crippen LogP contribution >= 0.6 is 0 Å². The van der Waals surface area contributed by atoms with E-state index in [1.54, 1.807) is 17.0 Å². The third-order valence-electron chi connectivity index (χ3n) is 5.81. The van der Waals surface area contributed by atoms with Crippen LogP contribution in [-0.4, -0.2) is 51.7 Å². The zero-order valence-electron chi connectivity index (χ0n) is 17.0. The standard InChI is InChI=1S/C22H25FN2O4S/c1-29-20-9-5-8-19(23)21(20)16-7-4-3-6-15(16)17-12-18(17)22(26)25-11-10-14(13-25)24-30(2,27)28/h3-9,14,17-18,24H,10-13H2,1-2H3. The number of likely N-dealkylation sites (tertiary alicyclic amines) is 1. The number of sulfonamides is 1. The average molecular weight is 433 g/mol. The van der Waals surface area contributed by atoms with Crippen molar-refractivity contribution in [2.24, 2.45) is 5.92 Å². The molecule has 1 saturated carbocycles. The van der Waals surface area contributed by atoms with Gasteiger partial charge in [0.05, 0.1) is 18.9 Å². The molecule has 4 rings (SSSR count). The molecule has 2 aliphatic rings. The lowest BCUT2D eigenvalue weighted by molar-refractivity contribution is -0.131. The van der Waals surface area contributed by atoms with Crippen LogP contribution in [0, 0.1) is 11.7 Å². The van der Waals surface area contributed by atoms with E-state index < -0.39 is 10.0 Å². The lowest BCUT2D eigenvalue weighted by Crippen LogP contribution is -2.38. The first-order valence-electron chi connectivity index (χ1n) is 9.96. The van der Waals surface area contributed by atoms with E-state index in [9.17, 15) is 17.6 Å². The maximum atomic E-state index is 14.7. The van der Waals surface area contributed by atoms with Crippen molar-refractivity contribution in [3.05, 3.63) is 53.8 Å². The van der Waals surface area contributed by atoms with Gasteiger partial charge in [0.25, 0.3) is 0 Å². The minimum atomic E-state index is -3.30. The number of halogens is 1. The number of nitrogens with zero attached hydrogens (tertiary/aromatic N) is 1. The van der Waals surface area contributed by atoms with Crippen molar-refractivity contribution in [2.75, 3.05) is 26.5 Å². The number of hydrogen-bond acceptors (Lipinski definition) is 4. The Morgan fingerprint density at radius 1 is 1.20 bits per heavy atom. The minimum absolute atomic E-state index is 0.0138. The number of rotatable bonds is 6. The average Bonchev–Trinajstić information content (AvgIpc) is 3.37. The summed E-state index contributed by atoms with van der Waals surface area (Å²) < 4.78 is 45.5. The first-order chi connectivity index (χ1) is 14.3. The molecule has 3 atom stereocenters. The number of ether oxygens (including phenoxy) is 1. The van der Waals surface area contributed by atoms with E-state index in [4.69, 9.17) is 4.74 Å². The van der Waals surface area contributed by atoms with Crippen molar-refractivity contribution >= 4 is 15.9 Å². The first kappa shape index (κ1) is 20.8. The molecule has 1 N–H and O–H groups in total. The van der Waals surface area contributed by atoms with Gasteiger partial charge in [0.1, 0.15) is 11.6 Å². The van der Waals surface area contributed by atoms with Gasteiger partial charge in [-0.1, -0.05) is 30.3 Å². The molecular formula is C22H25FN2O4S. The van der Waals surface area contributed by atoms with Crippen molar-refractivity contribution in [1.82, 2.24) is 9.62 Å². The van der Waals surface area contributed by atoms with Crippen LogP contribution in [0.5, 0.6) is 5.75 Å². The molecule has 8 heteroatoms. The summed E-state index contributed by atoms with van der Waals surface area (Å²) >= 11 is 0. The zero-order valence-corrected chi connectivity index (χ0v) is 17.8. The van der Waals surface area contributed by atoms with E-state index >= 15 is 0 Å². The number of hydrogen-bond donors (Lipinski definition) is 1. The fourth-order valence-corrected chi connectivity index (χ4v) is 5.19. The van der Waals surface area contributed by atoms with Gasteiger partial charge in [-0.25, -0.2) is 17.5 Å². The van der Waals surface area contributed by atoms with Crippen LogP contribution in [0.3, 0.4) is 0 Å². The highest BCUT2D eigenvalue weighted by atomic mass is 32.2. The predicted octanol–water partition coefficient (Wildman–Crippen LogP) is 2.75. The second-order valence-electron chi connectivity index (χ2n) is 8.01. The van der Waals surface area contributed by atoms with E-state index in [0.717, 1.165) is 17.4 Å². The second-order valence-corrected chi connectivity index (χ2v) is 9.79. The minimum Gasteiger partial charge on any atom is -0.496 e. The summed E-state index contributed by atoms with van der Waals surface area (Å²) in [6.07, 6.45) is 2.44. The van der Waals surface area contributed by atoms with E-state index in [-0.39, 0.29) is 29.6 Å². The third kappa shape index (κ3) is 4.20. The van der Waals surface area contributed by atoms with Gasteiger partial charge >= 0.3 is 0 Å². The molecule has 30 heavy (non-hydrogen) atoms. The molecule has 0 aromatic heterocycles. The Hall–Kier alpha value is -2.45. The first-order valence-corrected chi connectivity index (χ1v) is 11.9. The number of benzene rings is 2. The Balaban J connectivity index is 1.53. The highest BCUT2D eigenvalue weighted by Gasteiger charge is 2.48. The molecule has 2 aromatic rings. The van der Waals surface area contributed by atoms with Crippen molar-refractivity contribution in [3.8, 4) is 16.9 Å². The van der Waals surface area contributed by atoms with Crippen molar-refractivity contribution in [2.45, 2.75) is 24.8 Å². The normalized spacial score (nSPS) is 23.4. The third-order valence-corrected chi connectivity index (χ3v) is 6.57. The maximum absolute atomic E-state index is 14.7. The molecule has 2 fully saturated rings. The molecule has 1 saturated heterocycles. The molecule has 1 aliphatic heterocycles. The SMILES string of the molecule is COc1cccc(F)c1-c1ccccc1C1CC1C(=O)N1CCC(NS(C)(=O)=O)C1. The van der Waals surface area contributed by atoms with Crippen LogP contribution in [0.1, 0.15) is 24.3 Å². The molecule has 0 radical (unpaired) electrons. The van der Waals surface area contributed by atoms with Crippen molar-refractivity contribution < 1.29 is 22.3 Å². The van der Waals surface area contributed by atoms with Gasteiger partial charge in [0.15, 0.2) is 0 Å². The summed E-state index contributed by atoms with van der Waals surface area (Å²) in [4.78, 5) is 14.7. The van der Waals surface area contributed by atoms with Crippen LogP contribution in [0.25, 0.3) is 11.1 Å². The number of carbonyl (C=O) groups is 1. The van der Waals surface area contributed by atoms with Gasteiger partial charge in [-0.2, -0.15) is 0 Å². The summed E-state index contributed by atoms with van der Waals surface area (Å²) in [5.41, 5.74) is 2.09. The topological polar surface area (TPSA) is 75.7 Å². The smallest absolute Gasteiger partial charge is 0.226 e. The van der Waals surface area contributed by atoms with Crippen LogP contribution in [-0.2, 0) is 14.8 Å². The molecular weight excluding hydrogens is 407 g/mol. The number of methoxy groups -OCH3 is 1. The fourth-order valence-electron chi connectivity index (χ4n) is 4.39. The van der Waals surface area contributed by atoms with Crippen LogP contribution in [0.4, 0.5) is 4.39 Å². The van der Waals surface area contributed by atoms with E-state index in [1.165, 1.54) is 13.2 Å². The number of amides is 1. The largest absolute Gasteiger partial charge is 0.496 e. The van der Waals surface area contributed by atoms with Gasteiger partial charge in [0.2, 0.25) is 15.9 Å². The van der Waals surface area contributed by atoms with Gasteiger partial charge in [-0.05, 0) is 42.0 Å². The Morgan fingerprint density at radius 2 is 1.97 bits per heavy atom. The van der Waals surface area contributed by atoms with Gasteiger partial charge < -0.3 is 9.64 Å². The molecule has 0 spiro atoms. The van der Waals surface area contributed by atoms with Crippen molar-refractivity contribution in [3.63, 3.8) is 0 Å². The van der Waals surface area contributed by atoms with Crippen LogP contribution < -0.4 is 9.46 Å². The molecule has 160 valence electrons. The molecule has 3 unspecified atom stereocenters. The van der Waals surface area contributed by atoms with Gasteiger partial charge in [-0.15, -0.1) is 0 Å². The molecule has 6 nitrogen and oxygen atoms in total. The summed E-state index contributed by atoms with van der Waals surface area (Å²) in [6.45, 7) is 0.927. The fraction of sp³-hybridized carbons (Fsp3) is 0.409. The van der Waals surface area contributed by atoms with Gasteiger partial charge in [0, 0.05) is 25.0 Å². The molecule has 1 amide bonds. The quantitative estimate of drug-likeness (QED) is 0.762. The summed E-state index contributed by atoms with van der Waals surface area (Å²) in [5, 5.41) is 0. The Morgan fingerprint density at radius 3 is 2.70 bits per heavy atom. The second kappa shape index (κ2) is 8.00. The highest BCUT2D eigenvalue weighted by Crippen LogP contribution is 2.52. The number of carbonyl (C=O) groups excluding carboxylic acids is 1. The summed E-state index contributed by atoms with van der Waals surface area (Å²) in [6, 6.07) is 12.1. The monoisotopic (exact) mass is 432 g/mol. The van der Waals surface area contributed by atoms with E-state index in [0.29, 0.717) is 37.2 Å². The Kier molecular flexibility index (Phi) is 5.55. The van der Waals surface area contributed by atoms with E-state index in [1.807, 2.05) is 24.3 Å². The lowest BCUT2D eigenvalue weighted by Gasteiger charge is -2.18. The maximum Gasteiger partial charge on any atom is 0.226 e. The van der Waals surface area contributed by atoms with Crippen LogP contribution in [0.2, 0.25) is 0 Å². The van der Waals surface area contributed by atoms with E-state index in [2.05, 4.69) is 4.72 Å². The molecule has 0 bridgehead atoms. The van der Waals surface area contributed by atoms with Gasteiger partial charge in [-0.3, -0.25) is 4.79 Å². The Labute approximate surface area is 176 Å². The molecule has 1 aliphatic carbocycles. The highest BCUT2D eigenvalue weighted by molar-refractivity contribution is 7.88. The molecule has 1 heterocycles. The number of nitrogens with one attached hydrogen (secondary N) is 1. The summed E-state index contributed by atoms with van der Waals surface area (Å²) in [7, 11) is -1.78. The lowest BCUT2D eigenvalue weighted by atomic mass is 9.94. The zero-order chi connectivity index (χ0) is 21.5. The predicted molar refractivity (Wildman–Crippen MR) is 112 cm³/mol. The molecule has 2 aromatic carbocycles. The summed E-state index contributed by atoms with van der Waals surface area (Å²) in [5.74, 6) is -0.0197. The van der Waals surface area contributed by atoms with Crippen molar-refractivity contribution in [1.29, 1.82) is 0 Å². The van der Waals surface area contributed by atoms with Crippen LogP contribution in [0.15, 0.2) is 42.5 Å². The Bertz CT molecular complexity index is 1070.